The van der Waals surface area contributed by atoms with Crippen molar-refractivity contribution in [1.82, 2.24) is 9.78 Å². The molecule has 1 aromatic heterocycles. The number of para-hydroxylation sites is 1. The molecule has 0 aliphatic heterocycles. The van der Waals surface area contributed by atoms with Gasteiger partial charge >= 0.3 is 0 Å². The molecule has 1 heterocycles. The Balaban J connectivity index is 1.84. The number of hydrogen-bond donors (Lipinski definition) is 0. The van der Waals surface area contributed by atoms with Crippen LogP contribution in [0.4, 0.5) is 0 Å². The fraction of sp³-hybridized carbons (Fsp3) is 0.111. The van der Waals surface area contributed by atoms with Gasteiger partial charge < -0.3 is 4.74 Å². The third-order valence-corrected chi connectivity index (χ3v) is 3.36. The first kappa shape index (κ1) is 14.1. The van der Waals surface area contributed by atoms with Gasteiger partial charge in [-0.2, -0.15) is 9.78 Å². The molecule has 0 saturated heterocycles. The van der Waals surface area contributed by atoms with Gasteiger partial charge in [-0.25, -0.2) is 0 Å². The summed E-state index contributed by atoms with van der Waals surface area (Å²) in [6.07, 6.45) is 1.33. The van der Waals surface area contributed by atoms with Crippen molar-refractivity contribution in [2.75, 3.05) is 0 Å². The van der Waals surface area contributed by atoms with E-state index in [0.717, 1.165) is 11.4 Å². The molecule has 0 amide bonds. The maximum absolute atomic E-state index is 12.5. The van der Waals surface area contributed by atoms with E-state index in [1.807, 2.05) is 55.5 Å². The van der Waals surface area contributed by atoms with Gasteiger partial charge in [-0.1, -0.05) is 36.4 Å². The van der Waals surface area contributed by atoms with E-state index in [2.05, 4.69) is 5.10 Å². The van der Waals surface area contributed by atoms with Crippen molar-refractivity contribution in [3.05, 3.63) is 84.2 Å². The highest BCUT2D eigenvalue weighted by molar-refractivity contribution is 5.95. The topological polar surface area (TPSA) is 44.1 Å². The summed E-state index contributed by atoms with van der Waals surface area (Å²) in [6.45, 7) is 1.90. The molecule has 3 rings (SSSR count). The van der Waals surface area contributed by atoms with Gasteiger partial charge in [0, 0.05) is 11.8 Å². The summed E-state index contributed by atoms with van der Waals surface area (Å²) in [4.78, 5) is 12.5. The van der Waals surface area contributed by atoms with Gasteiger partial charge in [-0.15, -0.1) is 0 Å². The third-order valence-electron chi connectivity index (χ3n) is 3.36. The molecule has 110 valence electrons. The van der Waals surface area contributed by atoms with Gasteiger partial charge in [0.1, 0.15) is 11.9 Å². The number of benzene rings is 2. The van der Waals surface area contributed by atoms with Gasteiger partial charge in [0.2, 0.25) is 0 Å². The average molecular weight is 292 g/mol. The van der Waals surface area contributed by atoms with Crippen LogP contribution in [-0.2, 0) is 0 Å². The highest BCUT2D eigenvalue weighted by atomic mass is 16.5. The Morgan fingerprint density at radius 3 is 2.32 bits per heavy atom. The van der Waals surface area contributed by atoms with Crippen LogP contribution < -0.4 is 4.74 Å². The van der Waals surface area contributed by atoms with E-state index in [-0.39, 0.29) is 12.0 Å². The van der Waals surface area contributed by atoms with Crippen LogP contribution in [0.3, 0.4) is 0 Å². The first-order valence-electron chi connectivity index (χ1n) is 7.11. The first-order chi connectivity index (χ1) is 10.8. The molecule has 3 aromatic rings. The number of rotatable bonds is 4. The lowest BCUT2D eigenvalue weighted by molar-refractivity contribution is 0.0928. The normalized spacial score (nSPS) is 11.9. The molecule has 0 N–H and O–H groups in total. The van der Waals surface area contributed by atoms with Crippen LogP contribution in [0.5, 0.6) is 5.75 Å². The number of hydrogen-bond acceptors (Lipinski definition) is 3. The van der Waals surface area contributed by atoms with Crippen molar-refractivity contribution in [1.29, 1.82) is 0 Å². The lowest BCUT2D eigenvalue weighted by atomic mass is 10.2. The second-order valence-corrected chi connectivity index (χ2v) is 4.91. The van der Waals surface area contributed by atoms with Crippen LogP contribution in [0.25, 0.3) is 0 Å². The SMILES string of the molecule is C[C@@H](Oc1ccccc1)c1ccnn1C(=O)c1ccccc1. The number of carbonyl (C=O) groups excluding carboxylic acids is 1. The minimum atomic E-state index is -0.280. The zero-order chi connectivity index (χ0) is 15.4. The van der Waals surface area contributed by atoms with Crippen LogP contribution in [0.2, 0.25) is 0 Å². The summed E-state index contributed by atoms with van der Waals surface area (Å²) in [5, 5.41) is 4.14. The van der Waals surface area contributed by atoms with Gasteiger partial charge in [0.05, 0.1) is 5.69 Å². The molecule has 1 atom stereocenters. The molecule has 4 heteroatoms. The maximum Gasteiger partial charge on any atom is 0.278 e. The maximum atomic E-state index is 12.5. The van der Waals surface area contributed by atoms with Gasteiger partial charge in [0.15, 0.2) is 0 Å². The minimum absolute atomic E-state index is 0.163. The molecule has 2 aromatic carbocycles. The van der Waals surface area contributed by atoms with Crippen molar-refractivity contribution in [2.45, 2.75) is 13.0 Å². The molecule has 0 spiro atoms. The standard InChI is InChI=1S/C18H16N2O2/c1-14(22-16-10-6-3-7-11-16)17-12-13-19-20(17)18(21)15-8-4-2-5-9-15/h2-14H,1H3/t14-/m1/s1. The number of ether oxygens (including phenoxy) is 1. The Morgan fingerprint density at radius 2 is 1.64 bits per heavy atom. The van der Waals surface area contributed by atoms with Gasteiger partial charge in [-0.3, -0.25) is 4.79 Å². The Kier molecular flexibility index (Phi) is 4.01. The van der Waals surface area contributed by atoms with Gasteiger partial charge in [-0.05, 0) is 37.3 Å². The first-order valence-corrected chi connectivity index (χ1v) is 7.11. The predicted octanol–water partition coefficient (Wildman–Crippen LogP) is 3.71. The molecule has 22 heavy (non-hydrogen) atoms. The highest BCUT2D eigenvalue weighted by Gasteiger charge is 2.18. The summed E-state index contributed by atoms with van der Waals surface area (Å²) in [7, 11) is 0. The van der Waals surface area contributed by atoms with Crippen LogP contribution in [0.1, 0.15) is 29.1 Å². The lowest BCUT2D eigenvalue weighted by Gasteiger charge is -2.15. The summed E-state index contributed by atoms with van der Waals surface area (Å²) < 4.78 is 7.26. The summed E-state index contributed by atoms with van der Waals surface area (Å²) in [6, 6.07) is 20.4. The predicted molar refractivity (Wildman–Crippen MR) is 83.9 cm³/mol. The van der Waals surface area contributed by atoms with E-state index in [9.17, 15) is 4.79 Å². The van der Waals surface area contributed by atoms with Gasteiger partial charge in [0.25, 0.3) is 5.91 Å². The molecule has 0 bridgehead atoms. The average Bonchev–Trinajstić information content (AvgIpc) is 3.05. The molecule has 0 fully saturated rings. The molecule has 4 nitrogen and oxygen atoms in total. The summed E-state index contributed by atoms with van der Waals surface area (Å²) in [5.41, 5.74) is 1.32. The molecular formula is C18H16N2O2. The van der Waals surface area contributed by atoms with E-state index in [0.29, 0.717) is 5.56 Å². The molecule has 0 unspecified atom stereocenters. The zero-order valence-electron chi connectivity index (χ0n) is 12.2. The van der Waals surface area contributed by atoms with Crippen molar-refractivity contribution < 1.29 is 9.53 Å². The molecule has 0 aliphatic carbocycles. The monoisotopic (exact) mass is 292 g/mol. The second-order valence-electron chi connectivity index (χ2n) is 4.91. The van der Waals surface area contributed by atoms with E-state index in [4.69, 9.17) is 4.74 Å². The molecular weight excluding hydrogens is 276 g/mol. The van der Waals surface area contributed by atoms with Crippen molar-refractivity contribution in [2.24, 2.45) is 0 Å². The van der Waals surface area contributed by atoms with E-state index >= 15 is 0 Å². The van der Waals surface area contributed by atoms with E-state index in [1.165, 1.54) is 4.68 Å². The van der Waals surface area contributed by atoms with E-state index < -0.39 is 0 Å². The van der Waals surface area contributed by atoms with Crippen molar-refractivity contribution in [3.8, 4) is 5.75 Å². The largest absolute Gasteiger partial charge is 0.484 e. The third kappa shape index (κ3) is 2.91. The molecule has 0 aliphatic rings. The Morgan fingerprint density at radius 1 is 1.00 bits per heavy atom. The van der Waals surface area contributed by atoms with Crippen LogP contribution in [0, 0.1) is 0 Å². The van der Waals surface area contributed by atoms with Crippen molar-refractivity contribution in [3.63, 3.8) is 0 Å². The smallest absolute Gasteiger partial charge is 0.278 e. The summed E-state index contributed by atoms with van der Waals surface area (Å²) >= 11 is 0. The Hall–Kier alpha value is -2.88. The van der Waals surface area contributed by atoms with Crippen LogP contribution in [-0.4, -0.2) is 15.7 Å². The summed E-state index contributed by atoms with van der Waals surface area (Å²) in [5.74, 6) is 0.596. The highest BCUT2D eigenvalue weighted by Crippen LogP contribution is 2.21. The lowest BCUT2D eigenvalue weighted by Crippen LogP contribution is -2.19. The van der Waals surface area contributed by atoms with Crippen molar-refractivity contribution >= 4 is 5.91 Å². The zero-order valence-corrected chi connectivity index (χ0v) is 12.2. The van der Waals surface area contributed by atoms with E-state index in [1.54, 1.807) is 24.4 Å². The number of carbonyl (C=O) groups is 1. The fourth-order valence-electron chi connectivity index (χ4n) is 2.26. The molecule has 0 radical (unpaired) electrons. The Bertz CT molecular complexity index is 751. The van der Waals surface area contributed by atoms with Crippen LogP contribution >= 0.6 is 0 Å². The minimum Gasteiger partial charge on any atom is -0.484 e. The van der Waals surface area contributed by atoms with Crippen LogP contribution in [0.15, 0.2) is 72.9 Å². The quantitative estimate of drug-likeness (QED) is 0.736. The second kappa shape index (κ2) is 6.26. The number of aromatic nitrogens is 2. The molecule has 0 saturated carbocycles. The Labute approximate surface area is 129 Å². The fourth-order valence-corrected chi connectivity index (χ4v) is 2.26. The number of nitrogens with zero attached hydrogens (tertiary/aromatic N) is 2.